The summed E-state index contributed by atoms with van der Waals surface area (Å²) in [5, 5.41) is 2.64. The molecule has 3 aromatic rings. The zero-order valence-corrected chi connectivity index (χ0v) is 10.6. The minimum Gasteiger partial charge on any atom is -0.497 e. The minimum atomic E-state index is -0.340. The van der Waals surface area contributed by atoms with Crippen molar-refractivity contribution in [1.29, 1.82) is 0 Å². The van der Waals surface area contributed by atoms with Gasteiger partial charge in [0.1, 0.15) is 5.75 Å². The van der Waals surface area contributed by atoms with Crippen LogP contribution < -0.4 is 15.8 Å². The van der Waals surface area contributed by atoms with Gasteiger partial charge in [-0.25, -0.2) is 9.97 Å². The third-order valence-electron chi connectivity index (χ3n) is 2.80. The molecule has 0 aliphatic carbocycles. The molecule has 102 valence electrons. The molecule has 0 atom stereocenters. The third kappa shape index (κ3) is 2.03. The van der Waals surface area contributed by atoms with Crippen LogP contribution in [-0.2, 0) is 0 Å². The van der Waals surface area contributed by atoms with E-state index in [0.29, 0.717) is 28.3 Å². The van der Waals surface area contributed by atoms with Crippen molar-refractivity contribution in [2.24, 2.45) is 0 Å². The highest BCUT2D eigenvalue weighted by molar-refractivity contribution is 6.11. The lowest BCUT2D eigenvalue weighted by Gasteiger charge is -2.06. The molecule has 0 radical (unpaired) electrons. The molecule has 0 unspecified atom stereocenters. The van der Waals surface area contributed by atoms with E-state index in [9.17, 15) is 4.79 Å². The van der Waals surface area contributed by atoms with E-state index in [1.54, 1.807) is 24.5 Å². The second-order valence-electron chi connectivity index (χ2n) is 4.08. The molecule has 0 bridgehead atoms. The lowest BCUT2D eigenvalue weighted by atomic mass is 10.1. The Morgan fingerprint density at radius 1 is 1.45 bits per heavy atom. The van der Waals surface area contributed by atoms with Crippen LogP contribution in [0.25, 0.3) is 11.0 Å². The van der Waals surface area contributed by atoms with Gasteiger partial charge in [-0.15, -0.1) is 0 Å². The number of carbonyl (C=O) groups excluding carboxylic acids is 1. The topological polar surface area (TPSA) is 122 Å². The van der Waals surface area contributed by atoms with Gasteiger partial charge in [0.2, 0.25) is 5.95 Å². The maximum Gasteiger partial charge on any atom is 0.260 e. The number of amides is 1. The van der Waals surface area contributed by atoms with Crippen LogP contribution in [0.2, 0.25) is 0 Å². The first-order valence-electron chi connectivity index (χ1n) is 5.81. The number of fused-ring (bicyclic) bond motifs is 1. The molecule has 0 fully saturated rings. The molecule has 0 saturated carbocycles. The van der Waals surface area contributed by atoms with Crippen LogP contribution in [0.4, 0.5) is 11.9 Å². The third-order valence-corrected chi connectivity index (χ3v) is 2.80. The van der Waals surface area contributed by atoms with Crippen LogP contribution in [-0.4, -0.2) is 33.0 Å². The Balaban J connectivity index is 2.06. The predicted molar refractivity (Wildman–Crippen MR) is 73.6 cm³/mol. The molecule has 0 saturated heterocycles. The van der Waals surface area contributed by atoms with Crippen molar-refractivity contribution in [3.63, 3.8) is 0 Å². The SMILES string of the molecule is COc1cc(C(=O)Nc2ncc[nH]2)c2[nH]c(N)nc2c1. The number of nitrogens with zero attached hydrogens (tertiary/aromatic N) is 2. The van der Waals surface area contributed by atoms with Gasteiger partial charge in [-0.05, 0) is 6.07 Å². The van der Waals surface area contributed by atoms with Crippen molar-refractivity contribution in [1.82, 2.24) is 19.9 Å². The van der Waals surface area contributed by atoms with Crippen LogP contribution in [0.3, 0.4) is 0 Å². The molecule has 2 aromatic heterocycles. The van der Waals surface area contributed by atoms with Crippen molar-refractivity contribution < 1.29 is 9.53 Å². The number of nitrogen functional groups attached to an aromatic ring is 1. The largest absolute Gasteiger partial charge is 0.497 e. The average molecular weight is 272 g/mol. The smallest absolute Gasteiger partial charge is 0.260 e. The highest BCUT2D eigenvalue weighted by atomic mass is 16.5. The number of anilines is 2. The molecular formula is C12H12N6O2. The maximum absolute atomic E-state index is 12.3. The molecule has 1 amide bonds. The van der Waals surface area contributed by atoms with E-state index in [1.165, 1.54) is 7.11 Å². The quantitative estimate of drug-likeness (QED) is 0.569. The number of nitrogens with two attached hydrogens (primary N) is 1. The molecule has 20 heavy (non-hydrogen) atoms. The van der Waals surface area contributed by atoms with Crippen LogP contribution in [0.15, 0.2) is 24.5 Å². The summed E-state index contributed by atoms with van der Waals surface area (Å²) in [4.78, 5) is 26.0. The number of benzene rings is 1. The van der Waals surface area contributed by atoms with Crippen molar-refractivity contribution in [3.05, 3.63) is 30.1 Å². The van der Waals surface area contributed by atoms with Gasteiger partial charge < -0.3 is 20.4 Å². The number of hydrogen-bond donors (Lipinski definition) is 4. The molecule has 2 heterocycles. The number of rotatable bonds is 3. The molecule has 5 N–H and O–H groups in total. The second kappa shape index (κ2) is 4.57. The molecule has 0 spiro atoms. The van der Waals surface area contributed by atoms with Gasteiger partial charge in [-0.1, -0.05) is 0 Å². The number of imidazole rings is 2. The normalized spacial score (nSPS) is 10.7. The van der Waals surface area contributed by atoms with Crippen LogP contribution in [0, 0.1) is 0 Å². The van der Waals surface area contributed by atoms with Crippen LogP contribution in [0.1, 0.15) is 10.4 Å². The highest BCUT2D eigenvalue weighted by Crippen LogP contribution is 2.25. The van der Waals surface area contributed by atoms with Crippen molar-refractivity contribution in [2.45, 2.75) is 0 Å². The molecule has 1 aromatic carbocycles. The Morgan fingerprint density at radius 2 is 2.30 bits per heavy atom. The van der Waals surface area contributed by atoms with Crippen molar-refractivity contribution >= 4 is 28.8 Å². The maximum atomic E-state index is 12.3. The first-order valence-corrected chi connectivity index (χ1v) is 5.81. The van der Waals surface area contributed by atoms with Crippen LogP contribution in [0.5, 0.6) is 5.75 Å². The van der Waals surface area contributed by atoms with Gasteiger partial charge in [-0.3, -0.25) is 10.1 Å². The van der Waals surface area contributed by atoms with E-state index in [2.05, 4.69) is 25.3 Å². The zero-order chi connectivity index (χ0) is 14.1. The summed E-state index contributed by atoms with van der Waals surface area (Å²) in [5.41, 5.74) is 7.11. The minimum absolute atomic E-state index is 0.236. The Bertz CT molecular complexity index is 762. The van der Waals surface area contributed by atoms with E-state index in [4.69, 9.17) is 10.5 Å². The Hall–Kier alpha value is -3.03. The Labute approximate surface area is 113 Å². The lowest BCUT2D eigenvalue weighted by molar-refractivity contribution is 0.102. The van der Waals surface area contributed by atoms with E-state index in [-0.39, 0.29) is 11.9 Å². The zero-order valence-electron chi connectivity index (χ0n) is 10.6. The first-order chi connectivity index (χ1) is 9.67. The monoisotopic (exact) mass is 272 g/mol. The number of hydrogen-bond acceptors (Lipinski definition) is 5. The number of methoxy groups -OCH3 is 1. The first kappa shape index (κ1) is 12.0. The van der Waals surface area contributed by atoms with Gasteiger partial charge in [0.15, 0.2) is 5.95 Å². The molecular weight excluding hydrogens is 260 g/mol. The van der Waals surface area contributed by atoms with E-state index in [1.807, 2.05) is 0 Å². The lowest BCUT2D eigenvalue weighted by Crippen LogP contribution is -2.13. The number of aromatic nitrogens is 4. The summed E-state index contributed by atoms with van der Waals surface area (Å²) in [5.74, 6) is 0.778. The molecule has 0 aliphatic heterocycles. The summed E-state index contributed by atoms with van der Waals surface area (Å²) < 4.78 is 5.16. The van der Waals surface area contributed by atoms with Gasteiger partial charge in [0, 0.05) is 18.5 Å². The Morgan fingerprint density at radius 3 is 3.00 bits per heavy atom. The fraction of sp³-hybridized carbons (Fsp3) is 0.0833. The fourth-order valence-corrected chi connectivity index (χ4v) is 1.91. The van der Waals surface area contributed by atoms with Gasteiger partial charge in [0.05, 0.1) is 23.7 Å². The van der Waals surface area contributed by atoms with E-state index < -0.39 is 0 Å². The molecule has 8 heteroatoms. The van der Waals surface area contributed by atoms with E-state index >= 15 is 0 Å². The summed E-state index contributed by atoms with van der Waals surface area (Å²) in [6, 6.07) is 3.31. The average Bonchev–Trinajstić information content (AvgIpc) is 3.05. The van der Waals surface area contributed by atoms with Gasteiger partial charge in [-0.2, -0.15) is 0 Å². The van der Waals surface area contributed by atoms with Crippen LogP contribution >= 0.6 is 0 Å². The predicted octanol–water partition coefficient (Wildman–Crippen LogP) is 1.13. The summed E-state index contributed by atoms with van der Waals surface area (Å²) >= 11 is 0. The number of aromatic amines is 2. The summed E-state index contributed by atoms with van der Waals surface area (Å²) in [6.45, 7) is 0. The molecule has 8 nitrogen and oxygen atoms in total. The number of carbonyl (C=O) groups is 1. The standard InChI is InChI=1S/C12H12N6O2/c1-20-6-4-7(9-8(5-6)16-11(13)17-9)10(19)18-12-14-2-3-15-12/h2-5H,1H3,(H3,13,16,17)(H2,14,15,18,19). The fourth-order valence-electron chi connectivity index (χ4n) is 1.91. The number of H-pyrrole nitrogens is 2. The summed E-state index contributed by atoms with van der Waals surface area (Å²) in [6.07, 6.45) is 3.16. The molecule has 0 aliphatic rings. The van der Waals surface area contributed by atoms with Crippen molar-refractivity contribution in [2.75, 3.05) is 18.2 Å². The van der Waals surface area contributed by atoms with E-state index in [0.717, 1.165) is 0 Å². The van der Waals surface area contributed by atoms with Crippen molar-refractivity contribution in [3.8, 4) is 5.75 Å². The summed E-state index contributed by atoms with van der Waals surface area (Å²) in [7, 11) is 1.52. The second-order valence-corrected chi connectivity index (χ2v) is 4.08. The number of nitrogens with one attached hydrogen (secondary N) is 3. The Kier molecular flexibility index (Phi) is 2.75. The highest BCUT2D eigenvalue weighted by Gasteiger charge is 2.16. The van der Waals surface area contributed by atoms with Gasteiger partial charge in [0.25, 0.3) is 5.91 Å². The van der Waals surface area contributed by atoms with Gasteiger partial charge >= 0.3 is 0 Å². The molecule has 3 rings (SSSR count). The number of ether oxygens (including phenoxy) is 1.